The summed E-state index contributed by atoms with van der Waals surface area (Å²) in [5.41, 5.74) is 0. The van der Waals surface area contributed by atoms with Gasteiger partial charge in [-0.05, 0) is 0 Å². The summed E-state index contributed by atoms with van der Waals surface area (Å²) in [4.78, 5) is 0. The smallest absolute Gasteiger partial charge is 0.239 e. The summed E-state index contributed by atoms with van der Waals surface area (Å²) < 4.78 is 47.1. The van der Waals surface area contributed by atoms with E-state index in [4.69, 9.17) is 0 Å². The van der Waals surface area contributed by atoms with E-state index in [0.29, 0.717) is 3.97 Å². The highest BCUT2D eigenvalue weighted by atomic mass is 32.2. The summed E-state index contributed by atoms with van der Waals surface area (Å²) in [5.74, 6) is -3.38. The van der Waals surface area contributed by atoms with E-state index in [1.54, 1.807) is 0 Å². The van der Waals surface area contributed by atoms with Crippen molar-refractivity contribution in [2.45, 2.75) is 5.76 Å². The minimum Gasteiger partial charge on any atom is -0.239 e. The molecule has 0 atom stereocenters. The molecule has 0 radical (unpaired) electrons. The molecule has 1 aromatic heterocycles. The van der Waals surface area contributed by atoms with E-state index < -0.39 is 15.8 Å². The molecule has 0 bridgehead atoms. The summed E-state index contributed by atoms with van der Waals surface area (Å²) in [6.07, 6.45) is 3.48. The molecule has 0 aliphatic heterocycles. The van der Waals surface area contributed by atoms with Crippen molar-refractivity contribution < 1.29 is 21.8 Å². The molecule has 0 saturated carbocycles. The highest BCUT2D eigenvalue weighted by Crippen LogP contribution is 2.07. The summed E-state index contributed by atoms with van der Waals surface area (Å²) in [6.45, 7) is 0. The minimum absolute atomic E-state index is 0.484. The predicted molar refractivity (Wildman–Crippen MR) is 35.9 cm³/mol. The molecule has 1 heterocycles. The van der Waals surface area contributed by atoms with E-state index in [-0.39, 0.29) is 0 Å². The fourth-order valence-electron chi connectivity index (χ4n) is 0.670. The van der Waals surface area contributed by atoms with Gasteiger partial charge in [-0.15, -0.1) is 3.97 Å². The second-order valence-corrected chi connectivity index (χ2v) is 4.02. The number of hydrogen-bond acceptors (Lipinski definition) is 2. The normalized spacial score (nSPS) is 12.3. The third-order valence-electron chi connectivity index (χ3n) is 1.26. The number of alkyl halides is 2. The molecule has 0 aliphatic carbocycles. The van der Waals surface area contributed by atoms with Crippen molar-refractivity contribution >= 4 is 10.0 Å². The number of imidazole rings is 1. The average molecular weight is 197 g/mol. The van der Waals surface area contributed by atoms with E-state index >= 15 is 0 Å². The molecule has 4 nitrogen and oxygen atoms in total. The van der Waals surface area contributed by atoms with Crippen molar-refractivity contribution in [3.63, 3.8) is 0 Å². The van der Waals surface area contributed by atoms with Crippen molar-refractivity contribution in [3.05, 3.63) is 18.7 Å². The van der Waals surface area contributed by atoms with Crippen LogP contribution in [0.1, 0.15) is 0 Å². The second-order valence-electron chi connectivity index (χ2n) is 2.21. The molecular formula is C5H7F2N2O2S+. The van der Waals surface area contributed by atoms with Gasteiger partial charge in [-0.1, -0.05) is 0 Å². The largest absolute Gasteiger partial charge is 0.374 e. The molecule has 0 aliphatic rings. The zero-order chi connectivity index (χ0) is 9.35. The van der Waals surface area contributed by atoms with Crippen molar-refractivity contribution in [3.8, 4) is 0 Å². The Balaban J connectivity index is 3.15. The Morgan fingerprint density at radius 3 is 2.42 bits per heavy atom. The topological polar surface area (TPSA) is 43.0 Å². The Hall–Kier alpha value is -0.980. The molecule has 0 aromatic carbocycles. The predicted octanol–water partition coefficient (Wildman–Crippen LogP) is -0.287. The van der Waals surface area contributed by atoms with Gasteiger partial charge in [0, 0.05) is 0 Å². The van der Waals surface area contributed by atoms with Gasteiger partial charge in [-0.2, -0.15) is 17.2 Å². The molecule has 0 saturated heterocycles. The van der Waals surface area contributed by atoms with E-state index in [1.165, 1.54) is 17.8 Å². The summed E-state index contributed by atoms with van der Waals surface area (Å²) in [6, 6.07) is 0. The fourth-order valence-corrected chi connectivity index (χ4v) is 1.36. The van der Waals surface area contributed by atoms with Crippen LogP contribution in [-0.2, 0) is 17.1 Å². The highest BCUT2D eigenvalue weighted by molar-refractivity contribution is 7.90. The Morgan fingerprint density at radius 1 is 1.50 bits per heavy atom. The molecule has 0 unspecified atom stereocenters. The molecule has 0 N–H and O–H groups in total. The number of aryl methyl sites for hydroxylation is 1. The Bertz CT molecular complexity index is 371. The van der Waals surface area contributed by atoms with Crippen molar-refractivity contribution in [2.75, 3.05) is 0 Å². The van der Waals surface area contributed by atoms with Gasteiger partial charge in [0.2, 0.25) is 0 Å². The first-order chi connectivity index (χ1) is 5.44. The first-order valence-electron chi connectivity index (χ1n) is 3.00. The van der Waals surface area contributed by atoms with Crippen LogP contribution >= 0.6 is 0 Å². The number of aromatic nitrogens is 2. The van der Waals surface area contributed by atoms with E-state index in [2.05, 4.69) is 0 Å². The van der Waals surface area contributed by atoms with E-state index in [0.717, 1.165) is 12.5 Å². The molecule has 1 rings (SSSR count). The second kappa shape index (κ2) is 2.81. The lowest BCUT2D eigenvalue weighted by Gasteiger charge is -1.95. The van der Waals surface area contributed by atoms with Crippen molar-refractivity contribution in [1.29, 1.82) is 0 Å². The Kier molecular flexibility index (Phi) is 2.14. The Labute approximate surface area is 68.1 Å². The summed E-state index contributed by atoms with van der Waals surface area (Å²) >= 11 is 0. The molecule has 1 aromatic rings. The van der Waals surface area contributed by atoms with Crippen LogP contribution in [0.15, 0.2) is 18.7 Å². The van der Waals surface area contributed by atoms with Gasteiger partial charge >= 0.3 is 15.8 Å². The summed E-state index contributed by atoms with van der Waals surface area (Å²) in [5, 5.41) is 0. The van der Waals surface area contributed by atoms with Crippen molar-refractivity contribution in [2.24, 2.45) is 7.05 Å². The number of hydrogen-bond donors (Lipinski definition) is 0. The van der Waals surface area contributed by atoms with Gasteiger partial charge < -0.3 is 0 Å². The van der Waals surface area contributed by atoms with Gasteiger partial charge in [0.1, 0.15) is 12.4 Å². The SMILES string of the molecule is C[n+]1ccn(S(=O)(=O)C(F)F)c1. The van der Waals surface area contributed by atoms with E-state index in [9.17, 15) is 17.2 Å². The third-order valence-corrected chi connectivity index (χ3v) is 2.52. The van der Waals surface area contributed by atoms with Gasteiger partial charge in [0.25, 0.3) is 6.33 Å². The minimum atomic E-state index is -4.49. The van der Waals surface area contributed by atoms with Crippen LogP contribution in [0.5, 0.6) is 0 Å². The lowest BCUT2D eigenvalue weighted by atomic mass is 10.9. The first kappa shape index (κ1) is 9.11. The maximum absolute atomic E-state index is 11.9. The zero-order valence-electron chi connectivity index (χ0n) is 6.18. The van der Waals surface area contributed by atoms with Crippen LogP contribution in [0.4, 0.5) is 8.78 Å². The third kappa shape index (κ3) is 1.45. The molecule has 0 fully saturated rings. The van der Waals surface area contributed by atoms with Gasteiger partial charge in [-0.25, -0.2) is 4.57 Å². The Morgan fingerprint density at radius 2 is 2.08 bits per heavy atom. The van der Waals surface area contributed by atoms with Crippen LogP contribution in [0.25, 0.3) is 0 Å². The molecule has 0 amide bonds. The van der Waals surface area contributed by atoms with Crippen LogP contribution in [-0.4, -0.2) is 18.1 Å². The lowest BCUT2D eigenvalue weighted by Crippen LogP contribution is -2.26. The van der Waals surface area contributed by atoms with Gasteiger partial charge in [0.05, 0.1) is 7.05 Å². The molecule has 68 valence electrons. The van der Waals surface area contributed by atoms with Gasteiger partial charge in [0.15, 0.2) is 0 Å². The number of halogens is 2. The van der Waals surface area contributed by atoms with Crippen LogP contribution in [0.2, 0.25) is 0 Å². The molecule has 0 spiro atoms. The molecule has 7 heteroatoms. The van der Waals surface area contributed by atoms with Crippen molar-refractivity contribution in [1.82, 2.24) is 3.97 Å². The fraction of sp³-hybridized carbons (Fsp3) is 0.400. The van der Waals surface area contributed by atoms with E-state index in [1.807, 2.05) is 0 Å². The molecule has 12 heavy (non-hydrogen) atoms. The summed E-state index contributed by atoms with van der Waals surface area (Å²) in [7, 11) is -2.95. The van der Waals surface area contributed by atoms with Gasteiger partial charge in [-0.3, -0.25) is 0 Å². The lowest BCUT2D eigenvalue weighted by molar-refractivity contribution is -0.670. The first-order valence-corrected chi connectivity index (χ1v) is 4.50. The molecular weight excluding hydrogens is 190 g/mol. The number of rotatable bonds is 2. The van der Waals surface area contributed by atoms with Crippen LogP contribution < -0.4 is 4.57 Å². The number of nitrogens with zero attached hydrogens (tertiary/aromatic N) is 2. The standard InChI is InChI=1S/C5H7F2N2O2S/c1-8-2-3-9(4-8)12(10,11)5(6)7/h2-5H,1H3/q+1. The maximum Gasteiger partial charge on any atom is 0.374 e. The van der Waals surface area contributed by atoms with Crippen LogP contribution in [0.3, 0.4) is 0 Å². The van der Waals surface area contributed by atoms with Crippen LogP contribution in [0, 0.1) is 0 Å². The highest BCUT2D eigenvalue weighted by Gasteiger charge is 2.30. The quantitative estimate of drug-likeness (QED) is 0.611. The average Bonchev–Trinajstić information content (AvgIpc) is 2.35. The zero-order valence-corrected chi connectivity index (χ0v) is 7.00. The maximum atomic E-state index is 11.9. The monoisotopic (exact) mass is 197 g/mol.